The number of carboxylic acids is 1. The summed E-state index contributed by atoms with van der Waals surface area (Å²) in [4.78, 5) is 17.3. The van der Waals surface area contributed by atoms with Gasteiger partial charge in [0, 0.05) is 30.3 Å². The van der Waals surface area contributed by atoms with E-state index < -0.39 is 5.97 Å². The van der Waals surface area contributed by atoms with E-state index in [1.165, 1.54) is 0 Å². The molecule has 0 unspecified atom stereocenters. The van der Waals surface area contributed by atoms with Crippen molar-refractivity contribution < 1.29 is 9.90 Å². The molecule has 0 saturated carbocycles. The lowest BCUT2D eigenvalue weighted by molar-refractivity contribution is 0.0696. The molecule has 1 aromatic heterocycles. The Hall–Kier alpha value is -2.36. The third kappa shape index (κ3) is 1.62. The van der Waals surface area contributed by atoms with E-state index in [1.807, 2.05) is 18.2 Å². The highest BCUT2D eigenvalue weighted by molar-refractivity contribution is 5.92. The fraction of sp³-hybridized carbons (Fsp3) is 0.143. The molecule has 18 heavy (non-hydrogen) atoms. The minimum absolute atomic E-state index is 0.407. The maximum Gasteiger partial charge on any atom is 0.336 e. The van der Waals surface area contributed by atoms with E-state index in [1.54, 1.807) is 24.5 Å². The van der Waals surface area contributed by atoms with Crippen molar-refractivity contribution in [2.45, 2.75) is 6.42 Å². The molecule has 1 aromatic carbocycles. The highest BCUT2D eigenvalue weighted by atomic mass is 16.4. The summed E-state index contributed by atoms with van der Waals surface area (Å²) in [5.41, 5.74) is 3.36. The molecule has 1 aliphatic rings. The summed E-state index contributed by atoms with van der Waals surface area (Å²) in [6.45, 7) is 0.809. The first-order valence-corrected chi connectivity index (χ1v) is 5.80. The maximum absolute atomic E-state index is 11.2. The van der Waals surface area contributed by atoms with E-state index in [-0.39, 0.29) is 0 Å². The molecule has 2 aromatic rings. The molecular formula is C14H12N2O2. The van der Waals surface area contributed by atoms with Gasteiger partial charge in [0.05, 0.1) is 5.56 Å². The van der Waals surface area contributed by atoms with E-state index in [9.17, 15) is 9.90 Å². The third-order valence-corrected chi connectivity index (χ3v) is 3.23. The zero-order valence-corrected chi connectivity index (χ0v) is 9.71. The molecule has 0 aliphatic carbocycles. The van der Waals surface area contributed by atoms with Gasteiger partial charge in [0.1, 0.15) is 0 Å². The molecule has 0 fully saturated rings. The highest BCUT2D eigenvalue weighted by Gasteiger charge is 2.24. The molecular weight excluding hydrogens is 228 g/mol. The molecule has 1 aliphatic heterocycles. The van der Waals surface area contributed by atoms with Gasteiger partial charge < -0.3 is 10.0 Å². The molecule has 90 valence electrons. The van der Waals surface area contributed by atoms with Crippen LogP contribution in [0.25, 0.3) is 0 Å². The first-order valence-electron chi connectivity index (χ1n) is 5.80. The first-order chi connectivity index (χ1) is 8.77. The molecule has 0 spiro atoms. The Labute approximate surface area is 105 Å². The van der Waals surface area contributed by atoms with Crippen LogP contribution in [0.1, 0.15) is 15.9 Å². The van der Waals surface area contributed by atoms with E-state index in [0.717, 1.165) is 29.9 Å². The zero-order chi connectivity index (χ0) is 12.5. The van der Waals surface area contributed by atoms with E-state index in [4.69, 9.17) is 0 Å². The van der Waals surface area contributed by atoms with Crippen LogP contribution in [0, 0.1) is 0 Å². The van der Waals surface area contributed by atoms with Gasteiger partial charge in [-0.25, -0.2) is 4.79 Å². The molecule has 0 saturated heterocycles. The van der Waals surface area contributed by atoms with Crippen LogP contribution in [0.15, 0.2) is 42.7 Å². The van der Waals surface area contributed by atoms with Gasteiger partial charge in [-0.1, -0.05) is 6.07 Å². The SMILES string of the molecule is O=C(O)c1cccc2c1CCN2c1ccncc1. The molecule has 0 atom stereocenters. The summed E-state index contributed by atoms with van der Waals surface area (Å²) in [5.74, 6) is -0.858. The van der Waals surface area contributed by atoms with Crippen LogP contribution in [0.4, 0.5) is 11.4 Å². The number of nitrogens with zero attached hydrogens (tertiary/aromatic N) is 2. The number of hydrogen-bond acceptors (Lipinski definition) is 3. The number of anilines is 2. The van der Waals surface area contributed by atoms with Crippen molar-refractivity contribution in [1.29, 1.82) is 0 Å². The van der Waals surface area contributed by atoms with Crippen LogP contribution in [-0.4, -0.2) is 22.6 Å². The molecule has 1 N–H and O–H groups in total. The Morgan fingerprint density at radius 2 is 2.00 bits per heavy atom. The number of aromatic nitrogens is 1. The fourth-order valence-corrected chi connectivity index (χ4v) is 2.43. The second-order valence-corrected chi connectivity index (χ2v) is 4.22. The van der Waals surface area contributed by atoms with Crippen LogP contribution in [0.3, 0.4) is 0 Å². The standard InChI is InChI=1S/C14H12N2O2/c17-14(18)12-2-1-3-13-11(12)6-9-16(13)10-4-7-15-8-5-10/h1-5,7-8H,6,9H2,(H,17,18). The predicted octanol–water partition coefficient (Wildman–Crippen LogP) is 2.47. The average Bonchev–Trinajstić information content (AvgIpc) is 2.83. The highest BCUT2D eigenvalue weighted by Crippen LogP contribution is 2.35. The van der Waals surface area contributed by atoms with Crippen molar-refractivity contribution in [1.82, 2.24) is 4.98 Å². The number of pyridine rings is 1. The quantitative estimate of drug-likeness (QED) is 0.876. The number of rotatable bonds is 2. The topological polar surface area (TPSA) is 53.4 Å². The second-order valence-electron chi connectivity index (χ2n) is 4.22. The molecule has 0 bridgehead atoms. The number of fused-ring (bicyclic) bond motifs is 1. The van der Waals surface area contributed by atoms with Crippen molar-refractivity contribution in [2.24, 2.45) is 0 Å². The lowest BCUT2D eigenvalue weighted by Gasteiger charge is -2.19. The van der Waals surface area contributed by atoms with Gasteiger partial charge in [0.15, 0.2) is 0 Å². The van der Waals surface area contributed by atoms with Crippen LogP contribution < -0.4 is 4.90 Å². The summed E-state index contributed by atoms with van der Waals surface area (Å²) >= 11 is 0. The van der Waals surface area contributed by atoms with Crippen molar-refractivity contribution in [3.05, 3.63) is 53.9 Å². The van der Waals surface area contributed by atoms with Crippen LogP contribution in [0.5, 0.6) is 0 Å². The van der Waals surface area contributed by atoms with Crippen molar-refractivity contribution in [2.75, 3.05) is 11.4 Å². The van der Waals surface area contributed by atoms with Crippen LogP contribution >= 0.6 is 0 Å². The van der Waals surface area contributed by atoms with Crippen LogP contribution in [0.2, 0.25) is 0 Å². The predicted molar refractivity (Wildman–Crippen MR) is 68.3 cm³/mol. The summed E-state index contributed by atoms with van der Waals surface area (Å²) in [6.07, 6.45) is 4.25. The summed E-state index contributed by atoms with van der Waals surface area (Å²) < 4.78 is 0. The smallest absolute Gasteiger partial charge is 0.336 e. The molecule has 3 rings (SSSR count). The molecule has 4 nitrogen and oxygen atoms in total. The maximum atomic E-state index is 11.2. The number of benzene rings is 1. The lowest BCUT2D eigenvalue weighted by atomic mass is 10.1. The van der Waals surface area contributed by atoms with Crippen molar-refractivity contribution >= 4 is 17.3 Å². The molecule has 0 amide bonds. The number of hydrogen-bond donors (Lipinski definition) is 1. The molecule has 4 heteroatoms. The van der Waals surface area contributed by atoms with Gasteiger partial charge in [-0.2, -0.15) is 0 Å². The van der Waals surface area contributed by atoms with E-state index in [0.29, 0.717) is 5.56 Å². The van der Waals surface area contributed by atoms with Crippen molar-refractivity contribution in [3.63, 3.8) is 0 Å². The lowest BCUT2D eigenvalue weighted by Crippen LogP contribution is -2.12. The Morgan fingerprint density at radius 1 is 1.22 bits per heavy atom. The largest absolute Gasteiger partial charge is 0.478 e. The Balaban J connectivity index is 2.08. The van der Waals surface area contributed by atoms with Gasteiger partial charge in [-0.15, -0.1) is 0 Å². The molecule has 2 heterocycles. The van der Waals surface area contributed by atoms with E-state index in [2.05, 4.69) is 9.88 Å². The van der Waals surface area contributed by atoms with Gasteiger partial charge in [-0.05, 0) is 36.2 Å². The van der Waals surface area contributed by atoms with E-state index >= 15 is 0 Å². The van der Waals surface area contributed by atoms with Gasteiger partial charge in [0.25, 0.3) is 0 Å². The molecule has 0 radical (unpaired) electrons. The van der Waals surface area contributed by atoms with Gasteiger partial charge >= 0.3 is 5.97 Å². The number of carbonyl (C=O) groups is 1. The van der Waals surface area contributed by atoms with Crippen molar-refractivity contribution in [3.8, 4) is 0 Å². The monoisotopic (exact) mass is 240 g/mol. The van der Waals surface area contributed by atoms with Gasteiger partial charge in [-0.3, -0.25) is 4.98 Å². The fourth-order valence-electron chi connectivity index (χ4n) is 2.43. The number of carboxylic acid groups (broad SMARTS) is 1. The average molecular weight is 240 g/mol. The Kier molecular flexibility index (Phi) is 2.48. The number of aromatic carboxylic acids is 1. The van der Waals surface area contributed by atoms with Gasteiger partial charge in [0.2, 0.25) is 0 Å². The van der Waals surface area contributed by atoms with Crippen LogP contribution in [-0.2, 0) is 6.42 Å². The minimum atomic E-state index is -0.858. The Morgan fingerprint density at radius 3 is 2.72 bits per heavy atom. The summed E-state index contributed by atoms with van der Waals surface area (Å²) in [5, 5.41) is 9.18. The zero-order valence-electron chi connectivity index (χ0n) is 9.71. The summed E-state index contributed by atoms with van der Waals surface area (Å²) in [7, 11) is 0. The summed E-state index contributed by atoms with van der Waals surface area (Å²) in [6, 6.07) is 9.29. The Bertz CT molecular complexity index is 596. The third-order valence-electron chi connectivity index (χ3n) is 3.23. The normalized spacial score (nSPS) is 13.4. The minimum Gasteiger partial charge on any atom is -0.478 e. The second kappa shape index (κ2) is 4.14. The first kappa shape index (κ1) is 10.8.